The van der Waals surface area contributed by atoms with E-state index in [1.807, 2.05) is 6.07 Å². The Bertz CT molecular complexity index is 442. The van der Waals surface area contributed by atoms with Gasteiger partial charge in [0.1, 0.15) is 5.82 Å². The van der Waals surface area contributed by atoms with Crippen molar-refractivity contribution in [3.05, 3.63) is 34.6 Å². The van der Waals surface area contributed by atoms with E-state index in [0.29, 0.717) is 6.42 Å². The third-order valence-corrected chi connectivity index (χ3v) is 4.57. The molecule has 0 radical (unpaired) electrons. The van der Waals surface area contributed by atoms with Crippen LogP contribution in [0.5, 0.6) is 0 Å². The summed E-state index contributed by atoms with van der Waals surface area (Å²) in [6.45, 7) is 6.57. The van der Waals surface area contributed by atoms with Crippen molar-refractivity contribution < 1.29 is 4.39 Å². The van der Waals surface area contributed by atoms with Crippen LogP contribution < -0.4 is 5.73 Å². The second kappa shape index (κ2) is 5.78. The molecule has 2 rings (SSSR count). The van der Waals surface area contributed by atoms with Crippen molar-refractivity contribution in [1.29, 1.82) is 0 Å². The van der Waals surface area contributed by atoms with Gasteiger partial charge < -0.3 is 5.73 Å². The average Bonchev–Trinajstić information content (AvgIpc) is 2.88. The van der Waals surface area contributed by atoms with E-state index in [-0.39, 0.29) is 22.4 Å². The minimum absolute atomic E-state index is 0.0221. The highest BCUT2D eigenvalue weighted by Gasteiger charge is 2.34. The number of rotatable bonds is 4. The second-order valence-electron chi connectivity index (χ2n) is 5.91. The van der Waals surface area contributed by atoms with E-state index in [2.05, 4.69) is 18.7 Å². The van der Waals surface area contributed by atoms with E-state index in [4.69, 9.17) is 17.3 Å². The van der Waals surface area contributed by atoms with Gasteiger partial charge in [-0.2, -0.15) is 0 Å². The van der Waals surface area contributed by atoms with Gasteiger partial charge in [0.25, 0.3) is 0 Å². The molecule has 0 aliphatic carbocycles. The molecule has 0 aromatic heterocycles. The van der Waals surface area contributed by atoms with Crippen molar-refractivity contribution in [3.8, 4) is 0 Å². The summed E-state index contributed by atoms with van der Waals surface area (Å²) in [7, 11) is 0. The molecule has 1 saturated heterocycles. The summed E-state index contributed by atoms with van der Waals surface area (Å²) in [4.78, 5) is 2.43. The Labute approximate surface area is 119 Å². The van der Waals surface area contributed by atoms with Gasteiger partial charge in [0, 0.05) is 11.6 Å². The average molecular weight is 285 g/mol. The summed E-state index contributed by atoms with van der Waals surface area (Å²) >= 11 is 5.70. The van der Waals surface area contributed by atoms with Crippen LogP contribution in [0.4, 0.5) is 4.39 Å². The molecule has 106 valence electrons. The molecule has 2 nitrogen and oxygen atoms in total. The Balaban J connectivity index is 2.06. The molecule has 19 heavy (non-hydrogen) atoms. The summed E-state index contributed by atoms with van der Waals surface area (Å²) < 4.78 is 13.4. The zero-order valence-corrected chi connectivity index (χ0v) is 12.4. The topological polar surface area (TPSA) is 29.3 Å². The van der Waals surface area contributed by atoms with Gasteiger partial charge in [-0.15, -0.1) is 0 Å². The normalized spacial score (nSPS) is 18.8. The Morgan fingerprint density at radius 1 is 1.37 bits per heavy atom. The Morgan fingerprint density at radius 3 is 2.58 bits per heavy atom. The number of hydrogen-bond acceptors (Lipinski definition) is 2. The maximum absolute atomic E-state index is 13.4. The summed E-state index contributed by atoms with van der Waals surface area (Å²) in [5.41, 5.74) is 7.20. The van der Waals surface area contributed by atoms with E-state index in [9.17, 15) is 4.39 Å². The van der Waals surface area contributed by atoms with Gasteiger partial charge in [0.15, 0.2) is 0 Å². The number of nitrogens with zero attached hydrogens (tertiary/aromatic N) is 1. The molecule has 0 spiro atoms. The summed E-state index contributed by atoms with van der Waals surface area (Å²) in [5.74, 6) is -0.370. The molecule has 1 atom stereocenters. The first-order valence-corrected chi connectivity index (χ1v) is 7.23. The molecule has 0 saturated carbocycles. The summed E-state index contributed by atoms with van der Waals surface area (Å²) in [5, 5.41) is 0.163. The first kappa shape index (κ1) is 14.8. The van der Waals surface area contributed by atoms with Gasteiger partial charge in [-0.3, -0.25) is 4.90 Å². The quantitative estimate of drug-likeness (QED) is 0.920. The van der Waals surface area contributed by atoms with Crippen LogP contribution >= 0.6 is 11.6 Å². The molecule has 1 unspecified atom stereocenters. The largest absolute Gasteiger partial charge is 0.326 e. The zero-order valence-electron chi connectivity index (χ0n) is 11.6. The van der Waals surface area contributed by atoms with Crippen molar-refractivity contribution in [2.75, 3.05) is 13.1 Å². The lowest BCUT2D eigenvalue weighted by molar-refractivity contribution is 0.123. The van der Waals surface area contributed by atoms with Crippen LogP contribution in [0, 0.1) is 5.82 Å². The molecular weight excluding hydrogens is 263 g/mol. The van der Waals surface area contributed by atoms with E-state index >= 15 is 0 Å². The van der Waals surface area contributed by atoms with E-state index in [1.54, 1.807) is 6.07 Å². The van der Waals surface area contributed by atoms with Crippen LogP contribution in [-0.4, -0.2) is 29.6 Å². The molecule has 1 aliphatic rings. The third kappa shape index (κ3) is 3.28. The molecule has 1 aromatic rings. The third-order valence-electron chi connectivity index (χ3n) is 4.27. The van der Waals surface area contributed by atoms with Crippen molar-refractivity contribution in [2.24, 2.45) is 5.73 Å². The molecule has 0 bridgehead atoms. The Kier molecular flexibility index (Phi) is 4.49. The maximum atomic E-state index is 13.4. The van der Waals surface area contributed by atoms with Gasteiger partial charge in [-0.1, -0.05) is 17.7 Å². The SMILES string of the molecule is CC(C)(C(N)Cc1ccc(Cl)c(F)c1)N1CCCC1. The lowest BCUT2D eigenvalue weighted by Gasteiger charge is -2.40. The molecule has 4 heteroatoms. The summed E-state index contributed by atoms with van der Waals surface area (Å²) in [6.07, 6.45) is 3.15. The second-order valence-corrected chi connectivity index (χ2v) is 6.31. The monoisotopic (exact) mass is 284 g/mol. The van der Waals surface area contributed by atoms with Crippen molar-refractivity contribution in [2.45, 2.75) is 44.7 Å². The fourth-order valence-corrected chi connectivity index (χ4v) is 2.82. The zero-order chi connectivity index (χ0) is 14.0. The van der Waals surface area contributed by atoms with E-state index in [1.165, 1.54) is 18.9 Å². The van der Waals surface area contributed by atoms with Crippen molar-refractivity contribution >= 4 is 11.6 Å². The Hall–Kier alpha value is -0.640. The van der Waals surface area contributed by atoms with Crippen LogP contribution in [0.25, 0.3) is 0 Å². The Morgan fingerprint density at radius 2 is 2.00 bits per heavy atom. The fourth-order valence-electron chi connectivity index (χ4n) is 2.70. The first-order chi connectivity index (χ1) is 8.91. The molecule has 1 fully saturated rings. The number of likely N-dealkylation sites (tertiary alicyclic amines) is 1. The van der Waals surface area contributed by atoms with Gasteiger partial charge in [0.05, 0.1) is 5.02 Å². The van der Waals surface area contributed by atoms with Crippen LogP contribution in [0.1, 0.15) is 32.3 Å². The van der Waals surface area contributed by atoms with E-state index in [0.717, 1.165) is 18.7 Å². The fraction of sp³-hybridized carbons (Fsp3) is 0.600. The molecule has 0 amide bonds. The minimum atomic E-state index is -0.370. The van der Waals surface area contributed by atoms with E-state index < -0.39 is 0 Å². The molecule has 1 heterocycles. The highest BCUT2D eigenvalue weighted by atomic mass is 35.5. The van der Waals surface area contributed by atoms with Crippen molar-refractivity contribution in [1.82, 2.24) is 4.90 Å². The molecule has 1 aliphatic heterocycles. The number of nitrogens with two attached hydrogens (primary N) is 1. The number of halogens is 2. The van der Waals surface area contributed by atoms with Gasteiger partial charge in [0.2, 0.25) is 0 Å². The number of benzene rings is 1. The molecule has 1 aromatic carbocycles. The van der Waals surface area contributed by atoms with Gasteiger partial charge in [-0.25, -0.2) is 4.39 Å². The predicted molar refractivity (Wildman–Crippen MR) is 78.0 cm³/mol. The standard InChI is InChI=1S/C15H22ClFN2/c1-15(2,19-7-3-4-8-19)14(18)10-11-5-6-12(16)13(17)9-11/h5-6,9,14H,3-4,7-8,10,18H2,1-2H3. The lowest BCUT2D eigenvalue weighted by atomic mass is 9.88. The molecule has 2 N–H and O–H groups in total. The minimum Gasteiger partial charge on any atom is -0.326 e. The highest BCUT2D eigenvalue weighted by molar-refractivity contribution is 6.30. The van der Waals surface area contributed by atoms with Crippen LogP contribution in [0.2, 0.25) is 5.02 Å². The summed E-state index contributed by atoms with van der Waals surface area (Å²) in [6, 6.07) is 4.92. The van der Waals surface area contributed by atoms with Crippen molar-refractivity contribution in [3.63, 3.8) is 0 Å². The lowest BCUT2D eigenvalue weighted by Crippen LogP contribution is -2.55. The van der Waals surface area contributed by atoms with Crippen LogP contribution in [0.15, 0.2) is 18.2 Å². The first-order valence-electron chi connectivity index (χ1n) is 6.86. The van der Waals surface area contributed by atoms with Crippen LogP contribution in [-0.2, 0) is 6.42 Å². The number of hydrogen-bond donors (Lipinski definition) is 1. The van der Waals surface area contributed by atoms with Crippen LogP contribution in [0.3, 0.4) is 0 Å². The highest BCUT2D eigenvalue weighted by Crippen LogP contribution is 2.26. The predicted octanol–water partition coefficient (Wildman–Crippen LogP) is 3.22. The van der Waals surface area contributed by atoms with Gasteiger partial charge >= 0.3 is 0 Å². The smallest absolute Gasteiger partial charge is 0.142 e. The molecular formula is C15H22ClFN2. The van der Waals surface area contributed by atoms with Gasteiger partial charge in [-0.05, 0) is 63.9 Å². The maximum Gasteiger partial charge on any atom is 0.142 e.